The summed E-state index contributed by atoms with van der Waals surface area (Å²) < 4.78 is 13.4. The van der Waals surface area contributed by atoms with Crippen LogP contribution in [0.4, 0.5) is 4.39 Å². The molecule has 0 spiro atoms. The van der Waals surface area contributed by atoms with Crippen LogP contribution in [0.2, 0.25) is 0 Å². The molecule has 3 nitrogen and oxygen atoms in total. The molecule has 1 fully saturated rings. The Kier molecular flexibility index (Phi) is 4.53. The molecule has 1 saturated carbocycles. The van der Waals surface area contributed by atoms with E-state index in [1.165, 1.54) is 25.0 Å². The zero-order valence-electron chi connectivity index (χ0n) is 11.2. The third-order valence-electron chi connectivity index (χ3n) is 3.79. The number of hydrogen-bond acceptors (Lipinski definition) is 2. The Morgan fingerprint density at radius 3 is 2.68 bits per heavy atom. The van der Waals surface area contributed by atoms with Gasteiger partial charge in [0, 0.05) is 0 Å². The minimum atomic E-state index is -0.544. The summed E-state index contributed by atoms with van der Waals surface area (Å²) in [6.45, 7) is 1.66. The average molecular weight is 264 g/mol. The first kappa shape index (κ1) is 14.0. The van der Waals surface area contributed by atoms with Gasteiger partial charge in [-0.15, -0.1) is 0 Å². The second kappa shape index (κ2) is 6.15. The SMILES string of the molecule is C[C@@H](N)C(=O)NC(c1cccc(F)c1)C1CCCC1. The van der Waals surface area contributed by atoms with Crippen LogP contribution in [0, 0.1) is 11.7 Å². The smallest absolute Gasteiger partial charge is 0.237 e. The Labute approximate surface area is 113 Å². The minimum Gasteiger partial charge on any atom is -0.348 e. The standard InChI is InChI=1S/C15H21FN2O/c1-10(17)15(19)18-14(11-5-2-3-6-11)12-7-4-8-13(16)9-12/h4,7-11,14H,2-3,5-6,17H2,1H3,(H,18,19)/t10-,14?/m1/s1. The average Bonchev–Trinajstić information content (AvgIpc) is 2.89. The summed E-state index contributed by atoms with van der Waals surface area (Å²) in [6, 6.07) is 5.81. The van der Waals surface area contributed by atoms with Gasteiger partial charge < -0.3 is 11.1 Å². The molecular formula is C15H21FN2O. The Balaban J connectivity index is 2.20. The Morgan fingerprint density at radius 2 is 2.11 bits per heavy atom. The van der Waals surface area contributed by atoms with Gasteiger partial charge in [-0.3, -0.25) is 4.79 Å². The largest absolute Gasteiger partial charge is 0.348 e. The lowest BCUT2D eigenvalue weighted by molar-refractivity contribution is -0.123. The van der Waals surface area contributed by atoms with Crippen LogP contribution in [0.25, 0.3) is 0 Å². The fraction of sp³-hybridized carbons (Fsp3) is 0.533. The molecular weight excluding hydrogens is 243 g/mol. The summed E-state index contributed by atoms with van der Waals surface area (Å²) in [5.41, 5.74) is 6.44. The highest BCUT2D eigenvalue weighted by molar-refractivity contribution is 5.81. The molecule has 0 saturated heterocycles. The molecule has 1 aliphatic carbocycles. The van der Waals surface area contributed by atoms with E-state index in [1.54, 1.807) is 13.0 Å². The van der Waals surface area contributed by atoms with E-state index in [2.05, 4.69) is 5.32 Å². The van der Waals surface area contributed by atoms with Gasteiger partial charge in [0.2, 0.25) is 5.91 Å². The number of nitrogens with one attached hydrogen (secondary N) is 1. The molecule has 1 amide bonds. The molecule has 0 heterocycles. The van der Waals surface area contributed by atoms with Gasteiger partial charge in [0.05, 0.1) is 12.1 Å². The topological polar surface area (TPSA) is 55.1 Å². The first-order chi connectivity index (χ1) is 9.08. The molecule has 4 heteroatoms. The second-order valence-corrected chi connectivity index (χ2v) is 5.37. The van der Waals surface area contributed by atoms with Gasteiger partial charge >= 0.3 is 0 Å². The van der Waals surface area contributed by atoms with Crippen molar-refractivity contribution in [2.45, 2.75) is 44.7 Å². The first-order valence-electron chi connectivity index (χ1n) is 6.89. The lowest BCUT2D eigenvalue weighted by Crippen LogP contribution is -2.42. The van der Waals surface area contributed by atoms with Crippen LogP contribution in [0.1, 0.15) is 44.2 Å². The number of hydrogen-bond donors (Lipinski definition) is 2. The molecule has 0 aromatic heterocycles. The number of halogens is 1. The van der Waals surface area contributed by atoms with Gasteiger partial charge in [0.1, 0.15) is 5.82 Å². The highest BCUT2D eigenvalue weighted by Gasteiger charge is 2.28. The van der Waals surface area contributed by atoms with Crippen LogP contribution in [0.3, 0.4) is 0 Å². The third-order valence-corrected chi connectivity index (χ3v) is 3.79. The fourth-order valence-electron chi connectivity index (χ4n) is 2.75. The molecule has 104 valence electrons. The van der Waals surface area contributed by atoms with Gasteiger partial charge in [-0.25, -0.2) is 4.39 Å². The molecule has 0 radical (unpaired) electrons. The van der Waals surface area contributed by atoms with Crippen molar-refractivity contribution in [3.05, 3.63) is 35.6 Å². The lowest BCUT2D eigenvalue weighted by atomic mass is 9.91. The molecule has 1 unspecified atom stereocenters. The zero-order valence-corrected chi connectivity index (χ0v) is 11.2. The van der Waals surface area contributed by atoms with Gasteiger partial charge in [-0.05, 0) is 43.4 Å². The number of nitrogens with two attached hydrogens (primary N) is 1. The molecule has 2 atom stereocenters. The third kappa shape index (κ3) is 3.53. The summed E-state index contributed by atoms with van der Waals surface area (Å²) in [4.78, 5) is 11.8. The quantitative estimate of drug-likeness (QED) is 0.878. The lowest BCUT2D eigenvalue weighted by Gasteiger charge is -2.26. The molecule has 1 aliphatic rings. The van der Waals surface area contributed by atoms with Crippen molar-refractivity contribution in [3.63, 3.8) is 0 Å². The van der Waals surface area contributed by atoms with Crippen molar-refractivity contribution in [3.8, 4) is 0 Å². The van der Waals surface area contributed by atoms with E-state index in [1.807, 2.05) is 6.07 Å². The van der Waals surface area contributed by atoms with E-state index in [0.29, 0.717) is 5.92 Å². The molecule has 3 N–H and O–H groups in total. The molecule has 19 heavy (non-hydrogen) atoms. The summed E-state index contributed by atoms with van der Waals surface area (Å²) in [7, 11) is 0. The summed E-state index contributed by atoms with van der Waals surface area (Å²) in [5, 5.41) is 2.97. The van der Waals surface area contributed by atoms with Crippen molar-refractivity contribution < 1.29 is 9.18 Å². The highest BCUT2D eigenvalue weighted by atomic mass is 19.1. The second-order valence-electron chi connectivity index (χ2n) is 5.37. The summed E-state index contributed by atoms with van der Waals surface area (Å²) >= 11 is 0. The highest BCUT2D eigenvalue weighted by Crippen LogP contribution is 2.35. The number of amides is 1. The van der Waals surface area contributed by atoms with Crippen LogP contribution >= 0.6 is 0 Å². The Hall–Kier alpha value is -1.42. The van der Waals surface area contributed by atoms with Crippen molar-refractivity contribution >= 4 is 5.91 Å². The maximum atomic E-state index is 13.4. The fourth-order valence-corrected chi connectivity index (χ4v) is 2.75. The van der Waals surface area contributed by atoms with E-state index in [4.69, 9.17) is 5.73 Å². The maximum Gasteiger partial charge on any atom is 0.237 e. The van der Waals surface area contributed by atoms with Crippen molar-refractivity contribution in [1.29, 1.82) is 0 Å². The number of rotatable bonds is 4. The number of benzene rings is 1. The van der Waals surface area contributed by atoms with Gasteiger partial charge in [0.15, 0.2) is 0 Å². The molecule has 1 aromatic carbocycles. The molecule has 2 rings (SSSR count). The number of carbonyl (C=O) groups excluding carboxylic acids is 1. The van der Waals surface area contributed by atoms with E-state index in [-0.39, 0.29) is 17.8 Å². The van der Waals surface area contributed by atoms with Crippen molar-refractivity contribution in [1.82, 2.24) is 5.32 Å². The van der Waals surface area contributed by atoms with E-state index < -0.39 is 6.04 Å². The first-order valence-corrected chi connectivity index (χ1v) is 6.89. The predicted molar refractivity (Wildman–Crippen MR) is 72.9 cm³/mol. The maximum absolute atomic E-state index is 13.4. The van der Waals surface area contributed by atoms with Crippen LogP contribution in [-0.2, 0) is 4.79 Å². The Morgan fingerprint density at radius 1 is 1.42 bits per heavy atom. The van der Waals surface area contributed by atoms with Crippen LogP contribution < -0.4 is 11.1 Å². The van der Waals surface area contributed by atoms with Gasteiger partial charge in [-0.2, -0.15) is 0 Å². The van der Waals surface area contributed by atoms with E-state index in [0.717, 1.165) is 18.4 Å². The Bertz CT molecular complexity index is 442. The van der Waals surface area contributed by atoms with Gasteiger partial charge in [0.25, 0.3) is 0 Å². The van der Waals surface area contributed by atoms with Gasteiger partial charge in [-0.1, -0.05) is 25.0 Å². The van der Waals surface area contributed by atoms with E-state index in [9.17, 15) is 9.18 Å². The predicted octanol–water partition coefficient (Wildman–Crippen LogP) is 2.52. The minimum absolute atomic E-state index is 0.128. The van der Waals surface area contributed by atoms with Crippen molar-refractivity contribution in [2.75, 3.05) is 0 Å². The normalized spacial score (nSPS) is 19.1. The zero-order chi connectivity index (χ0) is 13.8. The van der Waals surface area contributed by atoms with Crippen LogP contribution in [-0.4, -0.2) is 11.9 Å². The van der Waals surface area contributed by atoms with E-state index >= 15 is 0 Å². The monoisotopic (exact) mass is 264 g/mol. The molecule has 0 bridgehead atoms. The summed E-state index contributed by atoms with van der Waals surface area (Å²) in [5.74, 6) is -0.0683. The molecule has 1 aromatic rings. The van der Waals surface area contributed by atoms with Crippen LogP contribution in [0.5, 0.6) is 0 Å². The van der Waals surface area contributed by atoms with Crippen LogP contribution in [0.15, 0.2) is 24.3 Å². The number of carbonyl (C=O) groups is 1. The summed E-state index contributed by atoms with van der Waals surface area (Å²) in [6.07, 6.45) is 4.48. The van der Waals surface area contributed by atoms with Crippen molar-refractivity contribution in [2.24, 2.45) is 11.7 Å². The molecule has 0 aliphatic heterocycles.